The standard InChI is InChI=1S/C22H24N2O7/c1-13(20(26)23-14-6-7-17-18(12-14)30-11-10-29-17)31-19(25)8-9-24-21(27)15-4-2-3-5-16(15)22(24)28/h2-3,6-7,12-13,15-16H,4-5,8-11H2,1H3,(H,23,26)/t13-,15+,16+/m1/s1. The highest BCUT2D eigenvalue weighted by atomic mass is 16.6. The van der Waals surface area contributed by atoms with Crippen molar-refractivity contribution in [1.82, 2.24) is 4.90 Å². The Morgan fingerprint density at radius 1 is 1.10 bits per heavy atom. The monoisotopic (exact) mass is 428 g/mol. The average Bonchev–Trinajstić information content (AvgIpc) is 3.02. The van der Waals surface area contributed by atoms with E-state index >= 15 is 0 Å². The van der Waals surface area contributed by atoms with E-state index in [4.69, 9.17) is 14.2 Å². The van der Waals surface area contributed by atoms with Crippen LogP contribution in [0.4, 0.5) is 5.69 Å². The Bertz CT molecular complexity index is 916. The Hall–Kier alpha value is -3.36. The molecule has 9 heteroatoms. The van der Waals surface area contributed by atoms with Crippen LogP contribution in [0.5, 0.6) is 11.5 Å². The van der Waals surface area contributed by atoms with Crippen molar-refractivity contribution >= 4 is 29.4 Å². The summed E-state index contributed by atoms with van der Waals surface area (Å²) in [6.45, 7) is 2.31. The fourth-order valence-corrected chi connectivity index (χ4v) is 3.97. The first-order valence-corrected chi connectivity index (χ1v) is 10.3. The summed E-state index contributed by atoms with van der Waals surface area (Å²) < 4.78 is 16.1. The summed E-state index contributed by atoms with van der Waals surface area (Å²) in [5.74, 6) is -1.16. The highest BCUT2D eigenvalue weighted by Gasteiger charge is 2.47. The van der Waals surface area contributed by atoms with E-state index in [1.807, 2.05) is 12.2 Å². The third-order valence-electron chi connectivity index (χ3n) is 5.63. The summed E-state index contributed by atoms with van der Waals surface area (Å²) in [6, 6.07) is 5.00. The summed E-state index contributed by atoms with van der Waals surface area (Å²) in [6.07, 6.45) is 3.71. The number of benzene rings is 1. The van der Waals surface area contributed by atoms with Crippen LogP contribution in [0.15, 0.2) is 30.4 Å². The molecule has 4 rings (SSSR count). The van der Waals surface area contributed by atoms with Gasteiger partial charge >= 0.3 is 5.97 Å². The van der Waals surface area contributed by atoms with Crippen LogP contribution in [0.1, 0.15) is 26.2 Å². The highest BCUT2D eigenvalue weighted by Crippen LogP contribution is 2.35. The first kappa shape index (κ1) is 20.9. The zero-order valence-corrected chi connectivity index (χ0v) is 17.2. The van der Waals surface area contributed by atoms with E-state index < -0.39 is 18.0 Å². The fourth-order valence-electron chi connectivity index (χ4n) is 3.97. The first-order valence-electron chi connectivity index (χ1n) is 10.3. The number of rotatable bonds is 6. The number of carbonyl (C=O) groups excluding carboxylic acids is 4. The van der Waals surface area contributed by atoms with Crippen LogP contribution in [0.2, 0.25) is 0 Å². The molecule has 1 saturated heterocycles. The molecule has 1 aromatic rings. The van der Waals surface area contributed by atoms with E-state index in [2.05, 4.69) is 5.32 Å². The maximum absolute atomic E-state index is 12.4. The Balaban J connectivity index is 1.26. The van der Waals surface area contributed by atoms with Crippen molar-refractivity contribution in [3.63, 3.8) is 0 Å². The molecule has 0 unspecified atom stereocenters. The molecule has 0 radical (unpaired) electrons. The van der Waals surface area contributed by atoms with Gasteiger partial charge in [0, 0.05) is 18.3 Å². The quantitative estimate of drug-likeness (QED) is 0.417. The van der Waals surface area contributed by atoms with Crippen LogP contribution in [-0.4, -0.2) is 54.5 Å². The number of hydrogen-bond acceptors (Lipinski definition) is 7. The van der Waals surface area contributed by atoms with Gasteiger partial charge in [0.05, 0.1) is 18.3 Å². The predicted molar refractivity (Wildman–Crippen MR) is 108 cm³/mol. The molecule has 9 nitrogen and oxygen atoms in total. The Labute approximate surface area is 179 Å². The first-order chi connectivity index (χ1) is 14.9. The second-order valence-corrected chi connectivity index (χ2v) is 7.71. The topological polar surface area (TPSA) is 111 Å². The summed E-state index contributed by atoms with van der Waals surface area (Å²) in [7, 11) is 0. The van der Waals surface area contributed by atoms with Crippen molar-refractivity contribution < 1.29 is 33.4 Å². The van der Waals surface area contributed by atoms with Crippen LogP contribution >= 0.6 is 0 Å². The average molecular weight is 428 g/mol. The van der Waals surface area contributed by atoms with Gasteiger partial charge in [-0.3, -0.25) is 24.1 Å². The van der Waals surface area contributed by atoms with E-state index in [1.165, 1.54) is 6.92 Å². The second kappa shape index (κ2) is 8.79. The van der Waals surface area contributed by atoms with Gasteiger partial charge in [-0.25, -0.2) is 0 Å². The lowest BCUT2D eigenvalue weighted by atomic mass is 9.85. The maximum atomic E-state index is 12.4. The molecule has 1 N–H and O–H groups in total. The van der Waals surface area contributed by atoms with Crippen LogP contribution in [0, 0.1) is 11.8 Å². The molecule has 2 heterocycles. The number of hydrogen-bond donors (Lipinski definition) is 1. The van der Waals surface area contributed by atoms with Crippen LogP contribution in [0.25, 0.3) is 0 Å². The zero-order valence-electron chi connectivity index (χ0n) is 17.2. The van der Waals surface area contributed by atoms with E-state index in [9.17, 15) is 19.2 Å². The summed E-state index contributed by atoms with van der Waals surface area (Å²) >= 11 is 0. The summed E-state index contributed by atoms with van der Waals surface area (Å²) in [5, 5.41) is 2.66. The molecule has 1 fully saturated rings. The van der Waals surface area contributed by atoms with Gasteiger partial charge in [0.25, 0.3) is 5.91 Å². The Morgan fingerprint density at radius 3 is 2.42 bits per heavy atom. The largest absolute Gasteiger partial charge is 0.486 e. The maximum Gasteiger partial charge on any atom is 0.308 e. The minimum atomic E-state index is -1.04. The van der Waals surface area contributed by atoms with Gasteiger partial charge in [0.15, 0.2) is 17.6 Å². The Morgan fingerprint density at radius 2 is 1.74 bits per heavy atom. The number of ether oxygens (including phenoxy) is 3. The van der Waals surface area contributed by atoms with Crippen molar-refractivity contribution in [3.05, 3.63) is 30.4 Å². The minimum Gasteiger partial charge on any atom is -0.486 e. The normalized spacial score (nSPS) is 22.7. The molecule has 0 spiro atoms. The molecule has 2 aliphatic heterocycles. The SMILES string of the molecule is C[C@@H](OC(=O)CCN1C(=O)[C@H]2CC=CC[C@@H]2C1=O)C(=O)Nc1ccc2c(c1)OCCO2. The number of esters is 1. The van der Waals surface area contributed by atoms with Gasteiger partial charge in [-0.1, -0.05) is 12.2 Å². The fraction of sp³-hybridized carbons (Fsp3) is 0.455. The van der Waals surface area contributed by atoms with Gasteiger partial charge in [-0.05, 0) is 31.9 Å². The predicted octanol–water partition coefficient (Wildman–Crippen LogP) is 1.67. The lowest BCUT2D eigenvalue weighted by Gasteiger charge is -2.19. The lowest BCUT2D eigenvalue weighted by Crippen LogP contribution is -2.35. The van der Waals surface area contributed by atoms with Crippen LogP contribution < -0.4 is 14.8 Å². The van der Waals surface area contributed by atoms with Crippen LogP contribution in [0.3, 0.4) is 0 Å². The molecule has 3 aliphatic rings. The number of carbonyl (C=O) groups is 4. The molecule has 3 amide bonds. The molecule has 1 aromatic carbocycles. The van der Waals surface area contributed by atoms with Crippen molar-refractivity contribution in [2.24, 2.45) is 11.8 Å². The summed E-state index contributed by atoms with van der Waals surface area (Å²) in [5.41, 5.74) is 0.488. The Kier molecular flexibility index (Phi) is 5.92. The number of likely N-dealkylation sites (tertiary alicyclic amines) is 1. The number of fused-ring (bicyclic) bond motifs is 2. The molecule has 3 atom stereocenters. The van der Waals surface area contributed by atoms with Gasteiger partial charge in [0.2, 0.25) is 11.8 Å². The molecule has 0 saturated carbocycles. The van der Waals surface area contributed by atoms with E-state index in [0.717, 1.165) is 4.90 Å². The molecular weight excluding hydrogens is 404 g/mol. The van der Waals surface area contributed by atoms with Crippen molar-refractivity contribution in [1.29, 1.82) is 0 Å². The molecule has 164 valence electrons. The van der Waals surface area contributed by atoms with Crippen LogP contribution in [-0.2, 0) is 23.9 Å². The molecule has 0 bridgehead atoms. The number of nitrogens with zero attached hydrogens (tertiary/aromatic N) is 1. The molecule has 31 heavy (non-hydrogen) atoms. The number of nitrogens with one attached hydrogen (secondary N) is 1. The third-order valence-corrected chi connectivity index (χ3v) is 5.63. The van der Waals surface area contributed by atoms with Gasteiger partial charge < -0.3 is 19.5 Å². The molecular formula is C22H24N2O7. The van der Waals surface area contributed by atoms with Crippen molar-refractivity contribution in [3.8, 4) is 11.5 Å². The van der Waals surface area contributed by atoms with Gasteiger partial charge in [-0.15, -0.1) is 0 Å². The van der Waals surface area contributed by atoms with Gasteiger partial charge in [-0.2, -0.15) is 0 Å². The van der Waals surface area contributed by atoms with Crippen molar-refractivity contribution in [2.45, 2.75) is 32.3 Å². The molecule has 1 aliphatic carbocycles. The number of amides is 3. The summed E-state index contributed by atoms with van der Waals surface area (Å²) in [4.78, 5) is 50.6. The smallest absolute Gasteiger partial charge is 0.308 e. The number of allylic oxidation sites excluding steroid dienone is 2. The lowest BCUT2D eigenvalue weighted by molar-refractivity contribution is -0.154. The van der Waals surface area contributed by atoms with E-state index in [0.29, 0.717) is 43.2 Å². The number of imide groups is 1. The van der Waals surface area contributed by atoms with E-state index in [-0.39, 0.29) is 36.6 Å². The molecule has 0 aromatic heterocycles. The number of anilines is 1. The highest BCUT2D eigenvalue weighted by molar-refractivity contribution is 6.05. The zero-order chi connectivity index (χ0) is 22.0. The van der Waals surface area contributed by atoms with Gasteiger partial charge in [0.1, 0.15) is 13.2 Å². The third kappa shape index (κ3) is 4.40. The van der Waals surface area contributed by atoms with Crippen molar-refractivity contribution in [2.75, 3.05) is 25.1 Å². The van der Waals surface area contributed by atoms with E-state index in [1.54, 1.807) is 18.2 Å². The minimum absolute atomic E-state index is 0.0417. The second-order valence-electron chi connectivity index (χ2n) is 7.71.